The fraction of sp³-hybridized carbons (Fsp3) is 0.500. The molecule has 0 aliphatic carbocycles. The van der Waals surface area contributed by atoms with Crippen molar-refractivity contribution in [1.29, 1.82) is 0 Å². The molecule has 0 saturated heterocycles. The third-order valence-corrected chi connectivity index (χ3v) is 2.69. The highest BCUT2D eigenvalue weighted by Gasteiger charge is 2.17. The van der Waals surface area contributed by atoms with Crippen LogP contribution in [0.1, 0.15) is 32.4 Å². The summed E-state index contributed by atoms with van der Waals surface area (Å²) in [4.78, 5) is 11.7. The van der Waals surface area contributed by atoms with E-state index >= 15 is 0 Å². The second-order valence-corrected chi connectivity index (χ2v) is 4.23. The van der Waals surface area contributed by atoms with Crippen LogP contribution in [0.4, 0.5) is 0 Å². The van der Waals surface area contributed by atoms with Gasteiger partial charge in [0, 0.05) is 18.2 Å². The van der Waals surface area contributed by atoms with Gasteiger partial charge >= 0.3 is 0 Å². The standard InChI is InChI=1S/C14H21NO4/c1-5-15-14(17)10(3)19-13-8-11(18-4)6-7-12(13)9(2)16/h6-10,16H,5H2,1-4H3,(H,15,17). The van der Waals surface area contributed by atoms with Crippen molar-refractivity contribution in [3.05, 3.63) is 23.8 Å². The molecule has 0 aliphatic rings. The van der Waals surface area contributed by atoms with E-state index in [1.54, 1.807) is 39.2 Å². The summed E-state index contributed by atoms with van der Waals surface area (Å²) in [7, 11) is 1.55. The second kappa shape index (κ2) is 6.99. The number of methoxy groups -OCH3 is 1. The number of amides is 1. The van der Waals surface area contributed by atoms with Crippen LogP contribution in [0.5, 0.6) is 11.5 Å². The zero-order valence-corrected chi connectivity index (χ0v) is 11.8. The molecule has 0 fully saturated rings. The third kappa shape index (κ3) is 4.13. The molecule has 19 heavy (non-hydrogen) atoms. The average molecular weight is 267 g/mol. The van der Waals surface area contributed by atoms with Crippen LogP contribution in [0.15, 0.2) is 18.2 Å². The molecule has 1 aromatic rings. The summed E-state index contributed by atoms with van der Waals surface area (Å²) in [6.07, 6.45) is -1.31. The lowest BCUT2D eigenvalue weighted by atomic mass is 10.1. The Bertz CT molecular complexity index is 431. The Labute approximate surface area is 113 Å². The molecule has 0 aliphatic heterocycles. The van der Waals surface area contributed by atoms with Crippen molar-refractivity contribution in [1.82, 2.24) is 5.32 Å². The Morgan fingerprint density at radius 1 is 1.42 bits per heavy atom. The van der Waals surface area contributed by atoms with Gasteiger partial charge in [0.15, 0.2) is 6.10 Å². The van der Waals surface area contributed by atoms with Crippen LogP contribution in [-0.4, -0.2) is 30.8 Å². The molecule has 2 N–H and O–H groups in total. The van der Waals surface area contributed by atoms with Gasteiger partial charge in [0.2, 0.25) is 0 Å². The maximum atomic E-state index is 11.7. The maximum absolute atomic E-state index is 11.7. The van der Waals surface area contributed by atoms with Crippen molar-refractivity contribution < 1.29 is 19.4 Å². The van der Waals surface area contributed by atoms with Crippen molar-refractivity contribution >= 4 is 5.91 Å². The number of hydrogen-bond donors (Lipinski definition) is 2. The van der Waals surface area contributed by atoms with Crippen LogP contribution in [0, 0.1) is 0 Å². The van der Waals surface area contributed by atoms with Crippen LogP contribution < -0.4 is 14.8 Å². The van der Waals surface area contributed by atoms with Gasteiger partial charge in [0.25, 0.3) is 5.91 Å². The van der Waals surface area contributed by atoms with Gasteiger partial charge in [-0.2, -0.15) is 0 Å². The van der Waals surface area contributed by atoms with Crippen molar-refractivity contribution in [2.75, 3.05) is 13.7 Å². The maximum Gasteiger partial charge on any atom is 0.260 e. The number of aliphatic hydroxyl groups is 1. The molecule has 0 saturated carbocycles. The van der Waals surface area contributed by atoms with Crippen LogP contribution in [-0.2, 0) is 4.79 Å². The lowest BCUT2D eigenvalue weighted by Crippen LogP contribution is -2.36. The fourth-order valence-corrected chi connectivity index (χ4v) is 1.65. The Morgan fingerprint density at radius 3 is 2.63 bits per heavy atom. The first-order valence-corrected chi connectivity index (χ1v) is 6.30. The molecule has 1 aromatic carbocycles. The molecule has 2 unspecified atom stereocenters. The summed E-state index contributed by atoms with van der Waals surface area (Å²) in [5.74, 6) is 0.873. The number of benzene rings is 1. The van der Waals surface area contributed by atoms with E-state index in [9.17, 15) is 9.90 Å². The number of aliphatic hydroxyl groups excluding tert-OH is 1. The largest absolute Gasteiger partial charge is 0.497 e. The molecule has 1 amide bonds. The lowest BCUT2D eigenvalue weighted by Gasteiger charge is -2.18. The number of carbonyl (C=O) groups excluding carboxylic acids is 1. The number of carbonyl (C=O) groups is 1. The van der Waals surface area contributed by atoms with Gasteiger partial charge in [0.1, 0.15) is 11.5 Å². The highest BCUT2D eigenvalue weighted by Crippen LogP contribution is 2.30. The predicted molar refractivity (Wildman–Crippen MR) is 72.4 cm³/mol. The van der Waals surface area contributed by atoms with E-state index in [2.05, 4.69) is 5.32 Å². The summed E-state index contributed by atoms with van der Waals surface area (Å²) in [6, 6.07) is 5.13. The molecule has 0 heterocycles. The summed E-state index contributed by atoms with van der Waals surface area (Å²) < 4.78 is 10.7. The fourth-order valence-electron chi connectivity index (χ4n) is 1.65. The molecule has 1 rings (SSSR count). The molecule has 2 atom stereocenters. The van der Waals surface area contributed by atoms with Crippen LogP contribution in [0.25, 0.3) is 0 Å². The number of ether oxygens (including phenoxy) is 2. The molecule has 106 valence electrons. The van der Waals surface area contributed by atoms with Crippen molar-refractivity contribution in [3.8, 4) is 11.5 Å². The minimum Gasteiger partial charge on any atom is -0.497 e. The Hall–Kier alpha value is -1.75. The first-order valence-electron chi connectivity index (χ1n) is 6.30. The molecule has 0 spiro atoms. The van der Waals surface area contributed by atoms with Crippen molar-refractivity contribution in [2.45, 2.75) is 33.0 Å². The van der Waals surface area contributed by atoms with E-state index in [0.717, 1.165) is 0 Å². The molecular formula is C14H21NO4. The van der Waals surface area contributed by atoms with E-state index in [1.165, 1.54) is 0 Å². The van der Waals surface area contributed by atoms with E-state index in [4.69, 9.17) is 9.47 Å². The van der Waals surface area contributed by atoms with E-state index in [-0.39, 0.29) is 5.91 Å². The topological polar surface area (TPSA) is 67.8 Å². The molecular weight excluding hydrogens is 246 g/mol. The lowest BCUT2D eigenvalue weighted by molar-refractivity contribution is -0.127. The monoisotopic (exact) mass is 267 g/mol. The molecule has 0 aromatic heterocycles. The minimum absolute atomic E-state index is 0.193. The summed E-state index contributed by atoms with van der Waals surface area (Å²) in [5.41, 5.74) is 0.622. The summed E-state index contributed by atoms with van der Waals surface area (Å²) in [6.45, 7) is 5.70. The van der Waals surface area contributed by atoms with E-state index < -0.39 is 12.2 Å². The number of rotatable bonds is 6. The van der Waals surface area contributed by atoms with Crippen molar-refractivity contribution in [2.24, 2.45) is 0 Å². The summed E-state index contributed by atoms with van der Waals surface area (Å²) in [5, 5.41) is 12.4. The van der Waals surface area contributed by atoms with Crippen LogP contribution in [0.2, 0.25) is 0 Å². The van der Waals surface area contributed by atoms with Gasteiger partial charge in [-0.1, -0.05) is 0 Å². The Morgan fingerprint density at radius 2 is 2.11 bits per heavy atom. The number of likely N-dealkylation sites (N-methyl/N-ethyl adjacent to an activating group) is 1. The van der Waals surface area contributed by atoms with Crippen molar-refractivity contribution in [3.63, 3.8) is 0 Å². The average Bonchev–Trinajstić information content (AvgIpc) is 2.38. The first-order chi connectivity index (χ1) is 8.99. The number of nitrogens with one attached hydrogen (secondary N) is 1. The number of hydrogen-bond acceptors (Lipinski definition) is 4. The quantitative estimate of drug-likeness (QED) is 0.822. The highest BCUT2D eigenvalue weighted by atomic mass is 16.5. The first kappa shape index (κ1) is 15.3. The zero-order valence-electron chi connectivity index (χ0n) is 11.8. The smallest absolute Gasteiger partial charge is 0.260 e. The normalized spacial score (nSPS) is 13.5. The predicted octanol–water partition coefficient (Wildman–Crippen LogP) is 1.65. The van der Waals surface area contributed by atoms with Gasteiger partial charge in [-0.25, -0.2) is 0 Å². The SMILES string of the molecule is CCNC(=O)C(C)Oc1cc(OC)ccc1C(C)O. The van der Waals surface area contributed by atoms with Crippen LogP contribution in [0.3, 0.4) is 0 Å². The van der Waals surface area contributed by atoms with Gasteiger partial charge in [-0.15, -0.1) is 0 Å². The third-order valence-electron chi connectivity index (χ3n) is 2.69. The van der Waals surface area contributed by atoms with Gasteiger partial charge in [-0.3, -0.25) is 4.79 Å². The zero-order chi connectivity index (χ0) is 14.4. The molecule has 0 bridgehead atoms. The highest BCUT2D eigenvalue weighted by molar-refractivity contribution is 5.80. The molecule has 5 nitrogen and oxygen atoms in total. The van der Waals surface area contributed by atoms with E-state index in [0.29, 0.717) is 23.6 Å². The van der Waals surface area contributed by atoms with Crippen LogP contribution >= 0.6 is 0 Å². The second-order valence-electron chi connectivity index (χ2n) is 4.23. The molecule has 0 radical (unpaired) electrons. The Balaban J connectivity index is 2.94. The van der Waals surface area contributed by atoms with E-state index in [1.807, 2.05) is 6.92 Å². The van der Waals surface area contributed by atoms with Gasteiger partial charge in [-0.05, 0) is 32.9 Å². The van der Waals surface area contributed by atoms with Gasteiger partial charge in [0.05, 0.1) is 13.2 Å². The van der Waals surface area contributed by atoms with Gasteiger partial charge < -0.3 is 19.9 Å². The minimum atomic E-state index is -0.678. The summed E-state index contributed by atoms with van der Waals surface area (Å²) >= 11 is 0. The molecule has 5 heteroatoms. The Kier molecular flexibility index (Phi) is 5.63.